The molecule has 9 nitrogen and oxygen atoms in total. The topological polar surface area (TPSA) is 113 Å². The first-order chi connectivity index (χ1) is 14.6. The molecule has 1 saturated heterocycles. The van der Waals surface area contributed by atoms with Crippen LogP contribution in [0.5, 0.6) is 0 Å². The van der Waals surface area contributed by atoms with E-state index in [1.165, 1.54) is 9.21 Å². The summed E-state index contributed by atoms with van der Waals surface area (Å²) >= 11 is 1.02. The summed E-state index contributed by atoms with van der Waals surface area (Å²) in [6, 6.07) is 7.05. The number of aryl methyl sites for hydroxylation is 2. The molecule has 1 atom stereocenters. The minimum absolute atomic E-state index is 0.0671. The summed E-state index contributed by atoms with van der Waals surface area (Å²) in [7, 11) is -0.492. The van der Waals surface area contributed by atoms with Gasteiger partial charge in [0.2, 0.25) is 15.9 Å². The van der Waals surface area contributed by atoms with Crippen LogP contribution in [0.2, 0.25) is 0 Å². The quantitative estimate of drug-likeness (QED) is 0.674. The number of benzene rings is 1. The second kappa shape index (κ2) is 9.41. The molecule has 0 aliphatic carbocycles. The molecule has 1 N–H and O–H groups in total. The SMILES string of the molecule is Cc1noc(C)c1S(=O)(=O)N1CCCC(C(=O)Nc2ccccc2SC(=O)N(C)C)C1. The second-order valence-corrected chi connectivity index (χ2v) is 10.5. The number of hydrogen-bond donors (Lipinski definition) is 1. The Morgan fingerprint density at radius 1 is 1.26 bits per heavy atom. The summed E-state index contributed by atoms with van der Waals surface area (Å²) in [6.07, 6.45) is 1.14. The van der Waals surface area contributed by atoms with Gasteiger partial charge in [0.25, 0.3) is 5.24 Å². The average Bonchev–Trinajstić information content (AvgIpc) is 3.08. The third kappa shape index (κ3) is 5.10. The van der Waals surface area contributed by atoms with Gasteiger partial charge in [-0.1, -0.05) is 17.3 Å². The van der Waals surface area contributed by atoms with Crippen molar-refractivity contribution < 1.29 is 22.5 Å². The number of nitrogens with one attached hydrogen (secondary N) is 1. The molecular weight excluding hydrogens is 440 g/mol. The second-order valence-electron chi connectivity index (χ2n) is 7.60. The number of carbonyl (C=O) groups excluding carboxylic acids is 2. The molecule has 1 aliphatic heterocycles. The summed E-state index contributed by atoms with van der Waals surface area (Å²) < 4.78 is 32.6. The molecule has 0 spiro atoms. The molecule has 2 amide bonds. The minimum atomic E-state index is -3.81. The highest BCUT2D eigenvalue weighted by Gasteiger charge is 2.36. The molecule has 0 radical (unpaired) electrons. The number of rotatable bonds is 5. The maximum absolute atomic E-state index is 13.1. The maximum atomic E-state index is 13.1. The number of nitrogens with zero attached hydrogens (tertiary/aromatic N) is 3. The Morgan fingerprint density at radius 2 is 1.97 bits per heavy atom. The number of sulfonamides is 1. The van der Waals surface area contributed by atoms with E-state index in [-0.39, 0.29) is 28.3 Å². The van der Waals surface area contributed by atoms with Gasteiger partial charge in [-0.05, 0) is 50.6 Å². The number of anilines is 1. The molecule has 1 aromatic heterocycles. The lowest BCUT2D eigenvalue weighted by atomic mass is 9.99. The standard InChI is InChI=1S/C20H26N4O5S2/c1-13-18(14(2)29-22-13)31(27,28)24-11-7-8-15(12-24)19(25)21-16-9-5-6-10-17(16)30-20(26)23(3)4/h5-6,9-10,15H,7-8,11-12H2,1-4H3,(H,21,25). The van der Waals surface area contributed by atoms with Gasteiger partial charge in [0.15, 0.2) is 5.76 Å². The summed E-state index contributed by atoms with van der Waals surface area (Å²) in [6.45, 7) is 3.55. The largest absolute Gasteiger partial charge is 0.360 e. The van der Waals surface area contributed by atoms with Gasteiger partial charge in [-0.25, -0.2) is 8.42 Å². The van der Waals surface area contributed by atoms with E-state index in [9.17, 15) is 18.0 Å². The first kappa shape index (κ1) is 23.3. The number of amides is 2. The zero-order chi connectivity index (χ0) is 22.8. The monoisotopic (exact) mass is 466 g/mol. The van der Waals surface area contributed by atoms with Gasteiger partial charge in [-0.2, -0.15) is 4.31 Å². The molecule has 1 unspecified atom stereocenters. The van der Waals surface area contributed by atoms with E-state index >= 15 is 0 Å². The van der Waals surface area contributed by atoms with Gasteiger partial charge in [-0.3, -0.25) is 9.59 Å². The number of thioether (sulfide) groups is 1. The third-order valence-electron chi connectivity index (χ3n) is 5.03. The van der Waals surface area contributed by atoms with Crippen molar-refractivity contribution in [3.8, 4) is 0 Å². The summed E-state index contributed by atoms with van der Waals surface area (Å²) in [5.41, 5.74) is 0.832. The summed E-state index contributed by atoms with van der Waals surface area (Å²) in [5.74, 6) is -0.545. The average molecular weight is 467 g/mol. The van der Waals surface area contributed by atoms with Crippen LogP contribution >= 0.6 is 11.8 Å². The molecule has 0 saturated carbocycles. The van der Waals surface area contributed by atoms with Crippen molar-refractivity contribution >= 4 is 38.6 Å². The third-order valence-corrected chi connectivity index (χ3v) is 8.25. The van der Waals surface area contributed by atoms with Crippen LogP contribution in [0.3, 0.4) is 0 Å². The highest BCUT2D eigenvalue weighted by atomic mass is 32.2. The van der Waals surface area contributed by atoms with Crippen molar-refractivity contribution in [3.05, 3.63) is 35.7 Å². The van der Waals surface area contributed by atoms with Crippen molar-refractivity contribution in [2.75, 3.05) is 32.5 Å². The Balaban J connectivity index is 1.75. The van der Waals surface area contributed by atoms with Crippen LogP contribution in [0.1, 0.15) is 24.3 Å². The molecule has 1 aromatic carbocycles. The number of aromatic nitrogens is 1. The van der Waals surface area contributed by atoms with Gasteiger partial charge in [0, 0.05) is 32.1 Å². The fourth-order valence-electron chi connectivity index (χ4n) is 3.43. The van der Waals surface area contributed by atoms with E-state index in [4.69, 9.17) is 4.52 Å². The van der Waals surface area contributed by atoms with Crippen molar-refractivity contribution in [1.82, 2.24) is 14.4 Å². The first-order valence-corrected chi connectivity index (χ1v) is 12.1. The molecule has 1 aliphatic rings. The number of para-hydroxylation sites is 1. The van der Waals surface area contributed by atoms with Crippen LogP contribution in [-0.2, 0) is 14.8 Å². The summed E-state index contributed by atoms with van der Waals surface area (Å²) in [4.78, 5) is 27.2. The maximum Gasteiger partial charge on any atom is 0.286 e. The molecule has 3 rings (SSSR count). The van der Waals surface area contributed by atoms with Gasteiger partial charge in [-0.15, -0.1) is 0 Å². The number of piperidine rings is 1. The highest BCUT2D eigenvalue weighted by molar-refractivity contribution is 8.13. The first-order valence-electron chi connectivity index (χ1n) is 9.83. The number of carbonyl (C=O) groups is 2. The zero-order valence-corrected chi connectivity index (χ0v) is 19.5. The minimum Gasteiger partial charge on any atom is -0.360 e. The van der Waals surface area contributed by atoms with Gasteiger partial charge >= 0.3 is 0 Å². The molecule has 1 fully saturated rings. The highest BCUT2D eigenvalue weighted by Crippen LogP contribution is 2.31. The molecule has 2 heterocycles. The smallest absolute Gasteiger partial charge is 0.286 e. The lowest BCUT2D eigenvalue weighted by Gasteiger charge is -2.31. The van der Waals surface area contributed by atoms with Crippen molar-refractivity contribution in [1.29, 1.82) is 0 Å². The Hall–Kier alpha value is -2.37. The predicted octanol–water partition coefficient (Wildman–Crippen LogP) is 3.10. The van der Waals surface area contributed by atoms with Crippen molar-refractivity contribution in [2.45, 2.75) is 36.5 Å². The van der Waals surface area contributed by atoms with Crippen LogP contribution in [0.25, 0.3) is 0 Å². The Kier molecular flexibility index (Phi) is 7.07. The van der Waals surface area contributed by atoms with E-state index in [1.807, 2.05) is 0 Å². The van der Waals surface area contributed by atoms with Crippen LogP contribution in [0, 0.1) is 19.8 Å². The number of hydrogen-bond acceptors (Lipinski definition) is 7. The van der Waals surface area contributed by atoms with Crippen LogP contribution in [0.15, 0.2) is 38.6 Å². The van der Waals surface area contributed by atoms with Crippen molar-refractivity contribution in [2.24, 2.45) is 5.92 Å². The summed E-state index contributed by atoms with van der Waals surface area (Å²) in [5, 5.41) is 6.45. The fraction of sp³-hybridized carbons (Fsp3) is 0.450. The fourth-order valence-corrected chi connectivity index (χ4v) is 5.99. The van der Waals surface area contributed by atoms with Crippen LogP contribution in [-0.4, -0.2) is 61.1 Å². The normalized spacial score (nSPS) is 17.4. The lowest BCUT2D eigenvalue weighted by Crippen LogP contribution is -2.44. The van der Waals surface area contributed by atoms with E-state index < -0.39 is 15.9 Å². The molecule has 31 heavy (non-hydrogen) atoms. The van der Waals surface area contributed by atoms with E-state index in [2.05, 4.69) is 10.5 Å². The van der Waals surface area contributed by atoms with Crippen LogP contribution < -0.4 is 5.32 Å². The van der Waals surface area contributed by atoms with Crippen molar-refractivity contribution in [3.63, 3.8) is 0 Å². The van der Waals surface area contributed by atoms with Crippen LogP contribution in [0.4, 0.5) is 10.5 Å². The van der Waals surface area contributed by atoms with E-state index in [0.717, 1.165) is 11.8 Å². The van der Waals surface area contributed by atoms with Gasteiger partial charge in [0.05, 0.1) is 11.6 Å². The lowest BCUT2D eigenvalue weighted by molar-refractivity contribution is -0.120. The predicted molar refractivity (Wildman–Crippen MR) is 117 cm³/mol. The Labute approximate surface area is 186 Å². The molecular formula is C20H26N4O5S2. The molecule has 168 valence electrons. The van der Waals surface area contributed by atoms with E-state index in [1.54, 1.807) is 52.2 Å². The van der Waals surface area contributed by atoms with Gasteiger partial charge in [0.1, 0.15) is 10.6 Å². The Bertz CT molecular complexity index is 1060. The molecule has 0 bridgehead atoms. The van der Waals surface area contributed by atoms with E-state index in [0.29, 0.717) is 35.7 Å². The Morgan fingerprint density at radius 3 is 2.61 bits per heavy atom. The molecule has 2 aromatic rings. The molecule has 11 heteroatoms. The van der Waals surface area contributed by atoms with Gasteiger partial charge < -0.3 is 14.7 Å². The zero-order valence-electron chi connectivity index (χ0n) is 17.9.